The van der Waals surface area contributed by atoms with Crippen LogP contribution in [-0.4, -0.2) is 42.3 Å². The van der Waals surface area contributed by atoms with Crippen molar-refractivity contribution in [2.75, 3.05) is 5.75 Å². The van der Waals surface area contributed by atoms with E-state index in [4.69, 9.17) is 9.47 Å². The molecule has 4 atom stereocenters. The number of hydrogen-bond acceptors (Lipinski definition) is 8. The fourth-order valence-electron chi connectivity index (χ4n) is 6.73. The van der Waals surface area contributed by atoms with Gasteiger partial charge >= 0.3 is 0 Å². The van der Waals surface area contributed by atoms with Crippen LogP contribution >= 0.6 is 11.8 Å². The third-order valence-corrected chi connectivity index (χ3v) is 12.4. The third-order valence-electron chi connectivity index (χ3n) is 9.86. The molecule has 5 aromatic carbocycles. The van der Waals surface area contributed by atoms with E-state index in [-0.39, 0.29) is 36.7 Å². The summed E-state index contributed by atoms with van der Waals surface area (Å²) >= 11 is 1.65. The molecule has 1 aromatic heterocycles. The average molecular weight is 800 g/mol. The molecule has 0 radical (unpaired) electrons. The largest absolute Gasteiger partial charge is 0.392 e. The van der Waals surface area contributed by atoms with Crippen molar-refractivity contribution in [3.8, 4) is 11.1 Å². The van der Waals surface area contributed by atoms with Gasteiger partial charge in [-0.3, -0.25) is 4.79 Å². The maximum atomic E-state index is 13.8. The minimum absolute atomic E-state index is 0.0203. The van der Waals surface area contributed by atoms with Gasteiger partial charge in [-0.05, 0) is 71.0 Å². The zero-order valence-corrected chi connectivity index (χ0v) is 33.2. The number of nitrogens with one attached hydrogen (secondary N) is 2. The first-order chi connectivity index (χ1) is 27.7. The van der Waals surface area contributed by atoms with Gasteiger partial charge in [-0.2, -0.15) is 4.72 Å². The number of sulfonamides is 1. The second kappa shape index (κ2) is 18.9. The minimum atomic E-state index is -3.98. The highest BCUT2D eigenvalue weighted by molar-refractivity contribution is 7.99. The monoisotopic (exact) mass is 799 g/mol. The van der Waals surface area contributed by atoms with Gasteiger partial charge in [0.15, 0.2) is 6.29 Å². The van der Waals surface area contributed by atoms with Crippen molar-refractivity contribution in [3.63, 3.8) is 0 Å². The van der Waals surface area contributed by atoms with E-state index < -0.39 is 28.3 Å². The molecule has 3 N–H and O–H groups in total. The van der Waals surface area contributed by atoms with E-state index >= 15 is 0 Å². The number of benzene rings is 5. The van der Waals surface area contributed by atoms with Gasteiger partial charge in [0, 0.05) is 30.5 Å². The SMILES string of the molecule is Cc1ccc(S(=O)(=O)N[C@H](Cc2ccccc2)C(=O)NCc2ccccc2-c2ccc([C@@H]3O[C@H](CSc4ccccn4)C[C@H](c4ccc(CO)cc4)O3)cc2)cc1. The molecule has 7 rings (SSSR count). The predicted molar refractivity (Wildman–Crippen MR) is 223 cm³/mol. The number of hydrogen-bond donors (Lipinski definition) is 3. The molecule has 0 aliphatic carbocycles. The summed E-state index contributed by atoms with van der Waals surface area (Å²) in [6, 6.07) is 44.5. The molecule has 1 fully saturated rings. The Kier molecular flexibility index (Phi) is 13.3. The molecule has 9 nitrogen and oxygen atoms in total. The van der Waals surface area contributed by atoms with E-state index in [1.54, 1.807) is 42.2 Å². The lowest BCUT2D eigenvalue weighted by Crippen LogP contribution is -2.47. The van der Waals surface area contributed by atoms with Crippen LogP contribution < -0.4 is 10.0 Å². The number of carbonyl (C=O) groups excluding carboxylic acids is 1. The second-order valence-corrected chi connectivity index (χ2v) is 16.8. The number of amides is 1. The van der Waals surface area contributed by atoms with Gasteiger partial charge in [0.1, 0.15) is 6.04 Å². The highest BCUT2D eigenvalue weighted by atomic mass is 32.2. The standard InChI is InChI=1S/C46H45N3O6S2/c1-32-14-24-40(25-15-32)57(52,53)49-42(27-33-9-3-2-4-10-33)45(51)48-29-38-11-5-6-12-41(38)35-20-22-37(23-21-35)46-54-39(31-56-44-13-7-8-26-47-44)28-43(55-46)36-18-16-34(30-50)17-19-36/h2-26,39,42-43,46,49-50H,27-31H2,1H3,(H,48,51)/t39-,42+,43+,46+/m0/s1. The van der Waals surface area contributed by atoms with Crippen molar-refractivity contribution >= 4 is 27.7 Å². The number of aryl methyl sites for hydroxylation is 1. The van der Waals surface area contributed by atoms with E-state index in [1.165, 1.54) is 0 Å². The van der Waals surface area contributed by atoms with Crippen LogP contribution in [0.15, 0.2) is 162 Å². The van der Waals surface area contributed by atoms with Gasteiger partial charge in [-0.15, -0.1) is 11.8 Å². The van der Waals surface area contributed by atoms with Crippen molar-refractivity contribution in [2.24, 2.45) is 0 Å². The number of rotatable bonds is 15. The summed E-state index contributed by atoms with van der Waals surface area (Å²) in [5.74, 6) is 0.279. The lowest BCUT2D eigenvalue weighted by atomic mass is 9.97. The highest BCUT2D eigenvalue weighted by Gasteiger charge is 2.32. The number of pyridine rings is 1. The zero-order chi connectivity index (χ0) is 39.6. The summed E-state index contributed by atoms with van der Waals surface area (Å²) < 4.78 is 42.6. The second-order valence-electron chi connectivity index (χ2n) is 14.0. The van der Waals surface area contributed by atoms with E-state index in [0.717, 1.165) is 49.5 Å². The van der Waals surface area contributed by atoms with Crippen LogP contribution in [0.3, 0.4) is 0 Å². The quantitative estimate of drug-likeness (QED) is 0.0891. The summed E-state index contributed by atoms with van der Waals surface area (Å²) in [7, 11) is -3.98. The van der Waals surface area contributed by atoms with Crippen LogP contribution in [-0.2, 0) is 43.9 Å². The topological polar surface area (TPSA) is 127 Å². The van der Waals surface area contributed by atoms with Crippen LogP contribution in [0.25, 0.3) is 11.1 Å². The molecule has 57 heavy (non-hydrogen) atoms. The molecule has 2 heterocycles. The Hall–Kier alpha value is -5.14. The van der Waals surface area contributed by atoms with Gasteiger partial charge in [-0.1, -0.05) is 127 Å². The maximum absolute atomic E-state index is 13.8. The van der Waals surface area contributed by atoms with Crippen LogP contribution in [0.1, 0.15) is 52.2 Å². The molecule has 292 valence electrons. The summed E-state index contributed by atoms with van der Waals surface area (Å²) in [5.41, 5.74) is 7.26. The summed E-state index contributed by atoms with van der Waals surface area (Å²) in [5, 5.41) is 13.5. The molecule has 6 aromatic rings. The molecule has 1 aliphatic rings. The Bertz CT molecular complexity index is 2330. The number of carbonyl (C=O) groups is 1. The number of thioether (sulfide) groups is 1. The van der Waals surface area contributed by atoms with Crippen molar-refractivity contribution in [1.82, 2.24) is 15.0 Å². The molecule has 0 saturated carbocycles. The van der Waals surface area contributed by atoms with Gasteiger partial charge < -0.3 is 19.9 Å². The minimum Gasteiger partial charge on any atom is -0.392 e. The summed E-state index contributed by atoms with van der Waals surface area (Å²) in [6.07, 6.45) is 1.73. The van der Waals surface area contributed by atoms with E-state index in [2.05, 4.69) is 15.0 Å². The first kappa shape index (κ1) is 40.1. The van der Waals surface area contributed by atoms with Gasteiger partial charge in [0.05, 0.1) is 28.7 Å². The van der Waals surface area contributed by atoms with Crippen LogP contribution in [0, 0.1) is 6.92 Å². The first-order valence-electron chi connectivity index (χ1n) is 18.9. The third kappa shape index (κ3) is 10.6. The molecule has 1 saturated heterocycles. The van der Waals surface area contributed by atoms with Crippen LogP contribution in [0.5, 0.6) is 0 Å². The lowest BCUT2D eigenvalue weighted by Gasteiger charge is -2.36. The number of ether oxygens (including phenoxy) is 2. The molecule has 0 unspecified atom stereocenters. The van der Waals surface area contributed by atoms with Crippen LogP contribution in [0.4, 0.5) is 0 Å². The number of aromatic nitrogens is 1. The first-order valence-corrected chi connectivity index (χ1v) is 21.3. The Morgan fingerprint density at radius 2 is 1.51 bits per heavy atom. The predicted octanol–water partition coefficient (Wildman–Crippen LogP) is 8.09. The van der Waals surface area contributed by atoms with Crippen molar-refractivity contribution in [2.45, 2.75) is 67.4 Å². The van der Waals surface area contributed by atoms with E-state index in [1.807, 2.05) is 128 Å². The van der Waals surface area contributed by atoms with Crippen molar-refractivity contribution < 1.29 is 27.8 Å². The van der Waals surface area contributed by atoms with E-state index in [0.29, 0.717) is 12.2 Å². The molecular weight excluding hydrogens is 755 g/mol. The number of nitrogens with zero attached hydrogens (tertiary/aromatic N) is 1. The van der Waals surface area contributed by atoms with Crippen molar-refractivity contribution in [1.29, 1.82) is 0 Å². The van der Waals surface area contributed by atoms with Crippen LogP contribution in [0.2, 0.25) is 0 Å². The summed E-state index contributed by atoms with van der Waals surface area (Å²) in [6.45, 7) is 2.06. The molecule has 1 aliphatic heterocycles. The fraction of sp³-hybridized carbons (Fsp3) is 0.217. The van der Waals surface area contributed by atoms with Gasteiger partial charge in [0.2, 0.25) is 15.9 Å². The van der Waals surface area contributed by atoms with E-state index in [9.17, 15) is 18.3 Å². The average Bonchev–Trinajstić information content (AvgIpc) is 3.25. The zero-order valence-electron chi connectivity index (χ0n) is 31.5. The maximum Gasteiger partial charge on any atom is 0.241 e. The fourth-order valence-corrected chi connectivity index (χ4v) is 8.80. The molecule has 11 heteroatoms. The molecule has 0 bridgehead atoms. The Labute approximate surface area is 338 Å². The molecule has 0 spiro atoms. The lowest BCUT2D eigenvalue weighted by molar-refractivity contribution is -0.245. The normalized spacial score (nSPS) is 17.5. The number of aliphatic hydroxyl groups is 1. The van der Waals surface area contributed by atoms with Gasteiger partial charge in [0.25, 0.3) is 0 Å². The Balaban J connectivity index is 1.06. The van der Waals surface area contributed by atoms with Crippen molar-refractivity contribution in [3.05, 3.63) is 185 Å². The Morgan fingerprint density at radius 3 is 2.23 bits per heavy atom. The Morgan fingerprint density at radius 1 is 0.807 bits per heavy atom. The highest BCUT2D eigenvalue weighted by Crippen LogP contribution is 2.40. The molecule has 1 amide bonds. The van der Waals surface area contributed by atoms with Gasteiger partial charge in [-0.25, -0.2) is 13.4 Å². The smallest absolute Gasteiger partial charge is 0.241 e. The number of aliphatic hydroxyl groups excluding tert-OH is 1. The molecular formula is C46H45N3O6S2. The summed E-state index contributed by atoms with van der Waals surface area (Å²) in [4.78, 5) is 18.3.